The minimum atomic E-state index is -3.88. The van der Waals surface area contributed by atoms with Crippen molar-refractivity contribution in [2.24, 2.45) is 0 Å². The van der Waals surface area contributed by atoms with Crippen LogP contribution in [0.3, 0.4) is 0 Å². The van der Waals surface area contributed by atoms with Crippen molar-refractivity contribution in [2.45, 2.75) is 39.8 Å². The first kappa shape index (κ1) is 27.1. The lowest BCUT2D eigenvalue weighted by Crippen LogP contribution is -2.52. The third-order valence-electron chi connectivity index (χ3n) is 5.29. The maximum absolute atomic E-state index is 13.6. The zero-order valence-electron chi connectivity index (χ0n) is 20.2. The van der Waals surface area contributed by atoms with E-state index in [2.05, 4.69) is 5.32 Å². The van der Waals surface area contributed by atoms with Crippen molar-refractivity contribution in [3.8, 4) is 5.75 Å². The summed E-state index contributed by atoms with van der Waals surface area (Å²) < 4.78 is 45.1. The Morgan fingerprint density at radius 3 is 2.29 bits per heavy atom. The highest BCUT2D eigenvalue weighted by molar-refractivity contribution is 7.92. The monoisotopic (exact) mass is 493 g/mol. The molecule has 0 saturated carbocycles. The van der Waals surface area contributed by atoms with Gasteiger partial charge in [-0.25, -0.2) is 12.8 Å². The quantitative estimate of drug-likeness (QED) is 0.519. The average Bonchev–Trinajstić information content (AvgIpc) is 2.78. The predicted octanol–water partition coefficient (Wildman–Crippen LogP) is 2.85. The van der Waals surface area contributed by atoms with Crippen LogP contribution in [0.2, 0.25) is 0 Å². The standard InChI is InChI=1S/C24H32FN3O5S/c1-6-20(24(30)26-7-2)27(15-18-9-11-19(25)12-10-18)23(29)16-28(34(5,31)32)21-14-17(3)8-13-22(21)33-4/h8-14,20H,6-7,15-16H2,1-5H3,(H,26,30). The van der Waals surface area contributed by atoms with Gasteiger partial charge in [0.2, 0.25) is 21.8 Å². The van der Waals surface area contributed by atoms with E-state index in [-0.39, 0.29) is 18.1 Å². The van der Waals surface area contributed by atoms with Gasteiger partial charge < -0.3 is 15.0 Å². The second kappa shape index (κ2) is 11.8. The Morgan fingerprint density at radius 2 is 1.76 bits per heavy atom. The van der Waals surface area contributed by atoms with Gasteiger partial charge in [-0.05, 0) is 55.7 Å². The molecule has 8 nitrogen and oxygen atoms in total. The molecule has 1 N–H and O–H groups in total. The van der Waals surface area contributed by atoms with Crippen LogP contribution >= 0.6 is 0 Å². The van der Waals surface area contributed by atoms with E-state index in [9.17, 15) is 22.4 Å². The number of benzene rings is 2. The van der Waals surface area contributed by atoms with Gasteiger partial charge in [-0.2, -0.15) is 0 Å². The molecule has 0 aliphatic rings. The summed E-state index contributed by atoms with van der Waals surface area (Å²) in [4.78, 5) is 27.6. The van der Waals surface area contributed by atoms with E-state index in [4.69, 9.17) is 4.74 Å². The van der Waals surface area contributed by atoms with E-state index >= 15 is 0 Å². The molecule has 10 heteroatoms. The molecule has 0 aliphatic carbocycles. The average molecular weight is 494 g/mol. The van der Waals surface area contributed by atoms with Crippen molar-refractivity contribution in [3.63, 3.8) is 0 Å². The highest BCUT2D eigenvalue weighted by Crippen LogP contribution is 2.31. The smallest absolute Gasteiger partial charge is 0.244 e. The Hall–Kier alpha value is -3.14. The summed E-state index contributed by atoms with van der Waals surface area (Å²) in [5.41, 5.74) is 1.62. The highest BCUT2D eigenvalue weighted by Gasteiger charge is 2.32. The zero-order chi connectivity index (χ0) is 25.5. The number of methoxy groups -OCH3 is 1. The summed E-state index contributed by atoms with van der Waals surface area (Å²) in [6.45, 7) is 5.19. The summed E-state index contributed by atoms with van der Waals surface area (Å²) in [6, 6.07) is 9.78. The van der Waals surface area contributed by atoms with Crippen molar-refractivity contribution < 1.29 is 27.1 Å². The fraction of sp³-hybridized carbons (Fsp3) is 0.417. The van der Waals surface area contributed by atoms with E-state index in [1.165, 1.54) is 36.3 Å². The number of carbonyl (C=O) groups is 2. The van der Waals surface area contributed by atoms with Gasteiger partial charge in [-0.15, -0.1) is 0 Å². The first-order valence-electron chi connectivity index (χ1n) is 11.0. The van der Waals surface area contributed by atoms with Gasteiger partial charge in [-0.1, -0.05) is 25.1 Å². The molecule has 0 fully saturated rings. The van der Waals surface area contributed by atoms with Gasteiger partial charge in [0.25, 0.3) is 0 Å². The number of sulfonamides is 1. The third-order valence-corrected chi connectivity index (χ3v) is 6.41. The second-order valence-corrected chi connectivity index (χ2v) is 9.82. The number of anilines is 1. The predicted molar refractivity (Wildman–Crippen MR) is 130 cm³/mol. The van der Waals surface area contributed by atoms with Gasteiger partial charge in [0.1, 0.15) is 24.2 Å². The van der Waals surface area contributed by atoms with E-state index in [0.29, 0.717) is 24.3 Å². The lowest BCUT2D eigenvalue weighted by Gasteiger charge is -2.33. The maximum atomic E-state index is 13.6. The van der Waals surface area contributed by atoms with Gasteiger partial charge in [0.05, 0.1) is 19.1 Å². The normalized spacial score (nSPS) is 12.1. The molecule has 2 amide bonds. The molecule has 0 bridgehead atoms. The van der Waals surface area contributed by atoms with Crippen LogP contribution in [0.25, 0.3) is 0 Å². The Bertz CT molecular complexity index is 1110. The van der Waals surface area contributed by atoms with Crippen LogP contribution in [-0.2, 0) is 26.2 Å². The highest BCUT2D eigenvalue weighted by atomic mass is 32.2. The second-order valence-electron chi connectivity index (χ2n) is 7.91. The fourth-order valence-electron chi connectivity index (χ4n) is 3.59. The summed E-state index contributed by atoms with van der Waals surface area (Å²) in [6.07, 6.45) is 1.32. The number of hydrogen-bond acceptors (Lipinski definition) is 5. The number of likely N-dealkylation sites (N-methyl/N-ethyl adjacent to an activating group) is 1. The van der Waals surface area contributed by atoms with Gasteiger partial charge in [0, 0.05) is 13.1 Å². The Balaban J connectivity index is 2.49. The zero-order valence-corrected chi connectivity index (χ0v) is 21.0. The fourth-order valence-corrected chi connectivity index (χ4v) is 4.43. The number of carbonyl (C=O) groups excluding carboxylic acids is 2. The molecule has 2 aromatic rings. The Kier molecular flexibility index (Phi) is 9.43. The lowest BCUT2D eigenvalue weighted by molar-refractivity contribution is -0.140. The minimum absolute atomic E-state index is 0.0112. The summed E-state index contributed by atoms with van der Waals surface area (Å²) in [5.74, 6) is -1.05. The molecule has 2 rings (SSSR count). The maximum Gasteiger partial charge on any atom is 0.244 e. The van der Waals surface area contributed by atoms with Crippen molar-refractivity contribution >= 4 is 27.5 Å². The number of ether oxygens (including phenoxy) is 1. The lowest BCUT2D eigenvalue weighted by atomic mass is 10.1. The van der Waals surface area contributed by atoms with Crippen molar-refractivity contribution in [1.29, 1.82) is 0 Å². The molecule has 2 aromatic carbocycles. The van der Waals surface area contributed by atoms with Crippen molar-refractivity contribution in [2.75, 3.05) is 30.8 Å². The summed E-state index contributed by atoms with van der Waals surface area (Å²) >= 11 is 0. The molecule has 0 heterocycles. The SMILES string of the molecule is CCNC(=O)C(CC)N(Cc1ccc(F)cc1)C(=O)CN(c1cc(C)ccc1OC)S(C)(=O)=O. The van der Waals surface area contributed by atoms with Crippen LogP contribution in [0.4, 0.5) is 10.1 Å². The number of hydrogen-bond donors (Lipinski definition) is 1. The van der Waals surface area contributed by atoms with Crippen LogP contribution in [0.15, 0.2) is 42.5 Å². The number of nitrogens with one attached hydrogen (secondary N) is 1. The molecule has 34 heavy (non-hydrogen) atoms. The third kappa shape index (κ3) is 6.93. The number of aryl methyl sites for hydroxylation is 1. The van der Waals surface area contributed by atoms with Crippen LogP contribution in [0.5, 0.6) is 5.75 Å². The van der Waals surface area contributed by atoms with Crippen LogP contribution in [0.1, 0.15) is 31.4 Å². The molecule has 0 aliphatic heterocycles. The minimum Gasteiger partial charge on any atom is -0.495 e. The van der Waals surface area contributed by atoms with E-state index in [1.807, 2.05) is 0 Å². The van der Waals surface area contributed by atoms with Crippen LogP contribution in [0, 0.1) is 12.7 Å². The molecule has 0 radical (unpaired) electrons. The summed E-state index contributed by atoms with van der Waals surface area (Å²) in [7, 11) is -2.47. The van der Waals surface area contributed by atoms with Crippen LogP contribution in [-0.4, -0.2) is 57.6 Å². The van der Waals surface area contributed by atoms with Crippen molar-refractivity contribution in [3.05, 3.63) is 59.4 Å². The summed E-state index contributed by atoms with van der Waals surface area (Å²) in [5, 5.41) is 2.72. The molecule has 0 spiro atoms. The molecule has 186 valence electrons. The van der Waals surface area contributed by atoms with E-state index < -0.39 is 34.3 Å². The molecule has 1 atom stereocenters. The van der Waals surface area contributed by atoms with Gasteiger partial charge in [0.15, 0.2) is 0 Å². The van der Waals surface area contributed by atoms with Gasteiger partial charge in [-0.3, -0.25) is 13.9 Å². The topological polar surface area (TPSA) is 96.0 Å². The number of halogens is 1. The first-order valence-corrected chi connectivity index (χ1v) is 12.8. The van der Waals surface area contributed by atoms with Crippen LogP contribution < -0.4 is 14.4 Å². The molecule has 1 unspecified atom stereocenters. The Labute approximate surface area is 200 Å². The molecule has 0 aromatic heterocycles. The van der Waals surface area contributed by atoms with Gasteiger partial charge >= 0.3 is 0 Å². The number of amides is 2. The number of rotatable bonds is 11. The molecular formula is C24H32FN3O5S. The Morgan fingerprint density at radius 1 is 1.12 bits per heavy atom. The van der Waals surface area contributed by atoms with E-state index in [1.54, 1.807) is 39.0 Å². The molecule has 0 saturated heterocycles. The van der Waals surface area contributed by atoms with E-state index in [0.717, 1.165) is 16.1 Å². The van der Waals surface area contributed by atoms with Crippen molar-refractivity contribution in [1.82, 2.24) is 10.2 Å². The largest absolute Gasteiger partial charge is 0.495 e. The number of nitrogens with zero attached hydrogens (tertiary/aromatic N) is 2. The molecular weight excluding hydrogens is 461 g/mol. The first-order chi connectivity index (χ1) is 16.0.